The number of nitrogens with one attached hydrogen (secondary N) is 1. The smallest absolute Gasteiger partial charge is 0.127 e. The Kier molecular flexibility index (Phi) is 4.63. The van der Waals surface area contributed by atoms with Crippen LogP contribution in [-0.2, 0) is 19.6 Å². The van der Waals surface area contributed by atoms with Gasteiger partial charge >= 0.3 is 0 Å². The first kappa shape index (κ1) is 13.7. The van der Waals surface area contributed by atoms with E-state index in [1.54, 1.807) is 6.20 Å². The van der Waals surface area contributed by atoms with Gasteiger partial charge in [-0.1, -0.05) is 6.92 Å². The van der Waals surface area contributed by atoms with Crippen molar-refractivity contribution in [2.75, 3.05) is 0 Å². The summed E-state index contributed by atoms with van der Waals surface area (Å²) in [4.78, 5) is 4.24. The molecule has 1 aromatic carbocycles. The molecule has 1 N–H and O–H groups in total. The molecule has 102 valence electrons. The van der Waals surface area contributed by atoms with Gasteiger partial charge in [-0.25, -0.2) is 13.8 Å². The molecule has 19 heavy (non-hydrogen) atoms. The average molecular weight is 265 g/mol. The Morgan fingerprint density at radius 1 is 1.26 bits per heavy atom. The fourth-order valence-electron chi connectivity index (χ4n) is 1.94. The molecule has 0 saturated heterocycles. The van der Waals surface area contributed by atoms with E-state index in [0.717, 1.165) is 30.9 Å². The lowest BCUT2D eigenvalue weighted by atomic mass is 10.2. The number of rotatable bonds is 6. The SMILES string of the molecule is CCCn1ccnc1CNCc1cc(F)ccc1F. The molecule has 0 saturated carbocycles. The first-order valence-electron chi connectivity index (χ1n) is 6.35. The van der Waals surface area contributed by atoms with Crippen molar-refractivity contribution in [3.8, 4) is 0 Å². The molecule has 3 nitrogen and oxygen atoms in total. The lowest BCUT2D eigenvalue weighted by Crippen LogP contribution is -2.17. The molecule has 0 amide bonds. The van der Waals surface area contributed by atoms with Gasteiger partial charge < -0.3 is 9.88 Å². The fourth-order valence-corrected chi connectivity index (χ4v) is 1.94. The predicted molar refractivity (Wildman–Crippen MR) is 69.4 cm³/mol. The maximum absolute atomic E-state index is 13.4. The van der Waals surface area contributed by atoms with Crippen molar-refractivity contribution >= 4 is 0 Å². The number of hydrogen-bond donors (Lipinski definition) is 1. The van der Waals surface area contributed by atoms with Crippen LogP contribution in [0.5, 0.6) is 0 Å². The highest BCUT2D eigenvalue weighted by atomic mass is 19.1. The molecule has 1 heterocycles. The van der Waals surface area contributed by atoms with Crippen molar-refractivity contribution in [2.45, 2.75) is 33.0 Å². The zero-order chi connectivity index (χ0) is 13.7. The van der Waals surface area contributed by atoms with E-state index in [2.05, 4.69) is 21.8 Å². The van der Waals surface area contributed by atoms with Crippen LogP contribution < -0.4 is 5.32 Å². The monoisotopic (exact) mass is 265 g/mol. The minimum Gasteiger partial charge on any atom is -0.334 e. The number of aryl methyl sites for hydroxylation is 1. The minimum atomic E-state index is -0.425. The number of nitrogens with zero attached hydrogens (tertiary/aromatic N) is 2. The average Bonchev–Trinajstić information content (AvgIpc) is 2.82. The van der Waals surface area contributed by atoms with E-state index in [1.165, 1.54) is 6.07 Å². The van der Waals surface area contributed by atoms with Crippen molar-refractivity contribution in [1.29, 1.82) is 0 Å². The Hall–Kier alpha value is -1.75. The molecule has 0 unspecified atom stereocenters. The third kappa shape index (κ3) is 3.61. The van der Waals surface area contributed by atoms with Crippen molar-refractivity contribution in [2.24, 2.45) is 0 Å². The zero-order valence-corrected chi connectivity index (χ0v) is 10.9. The standard InChI is InChI=1S/C14H17F2N3/c1-2-6-19-7-5-18-14(19)10-17-9-11-8-12(15)3-4-13(11)16/h3-5,7-8,17H,2,6,9-10H2,1H3. The van der Waals surface area contributed by atoms with E-state index in [0.29, 0.717) is 12.1 Å². The van der Waals surface area contributed by atoms with Gasteiger partial charge in [0.2, 0.25) is 0 Å². The molecule has 0 bridgehead atoms. The maximum atomic E-state index is 13.4. The Balaban J connectivity index is 1.92. The molecular formula is C14H17F2N3. The Labute approximate surface area is 111 Å². The van der Waals surface area contributed by atoms with Crippen LogP contribution >= 0.6 is 0 Å². The molecule has 2 aromatic rings. The van der Waals surface area contributed by atoms with Gasteiger partial charge in [0.1, 0.15) is 17.5 Å². The van der Waals surface area contributed by atoms with E-state index in [4.69, 9.17) is 0 Å². The molecule has 2 rings (SSSR count). The Bertz CT molecular complexity index is 537. The van der Waals surface area contributed by atoms with Crippen LogP contribution in [-0.4, -0.2) is 9.55 Å². The quantitative estimate of drug-likeness (QED) is 0.870. The summed E-state index contributed by atoms with van der Waals surface area (Å²) >= 11 is 0. The third-order valence-corrected chi connectivity index (χ3v) is 2.87. The minimum absolute atomic E-state index is 0.280. The highest BCUT2D eigenvalue weighted by Gasteiger charge is 2.05. The molecule has 0 radical (unpaired) electrons. The second-order valence-corrected chi connectivity index (χ2v) is 4.38. The Morgan fingerprint density at radius 2 is 2.11 bits per heavy atom. The number of aromatic nitrogens is 2. The van der Waals surface area contributed by atoms with Crippen LogP contribution in [0.15, 0.2) is 30.6 Å². The number of benzene rings is 1. The van der Waals surface area contributed by atoms with Gasteiger partial charge in [-0.15, -0.1) is 0 Å². The lowest BCUT2D eigenvalue weighted by Gasteiger charge is -2.08. The van der Waals surface area contributed by atoms with Crippen molar-refractivity contribution in [3.63, 3.8) is 0 Å². The largest absolute Gasteiger partial charge is 0.334 e. The summed E-state index contributed by atoms with van der Waals surface area (Å²) in [5.74, 6) is 0.0788. The van der Waals surface area contributed by atoms with Crippen LogP contribution in [0.4, 0.5) is 8.78 Å². The number of halogens is 2. The van der Waals surface area contributed by atoms with Gasteiger partial charge in [-0.05, 0) is 24.6 Å². The molecule has 5 heteroatoms. The van der Waals surface area contributed by atoms with Gasteiger partial charge in [0.25, 0.3) is 0 Å². The molecule has 0 spiro atoms. The van der Waals surface area contributed by atoms with Crippen molar-refractivity contribution in [3.05, 3.63) is 53.6 Å². The summed E-state index contributed by atoms with van der Waals surface area (Å²) < 4.78 is 28.5. The highest BCUT2D eigenvalue weighted by molar-refractivity contribution is 5.18. The second kappa shape index (κ2) is 6.43. The summed E-state index contributed by atoms with van der Waals surface area (Å²) in [6.45, 7) is 3.82. The molecular weight excluding hydrogens is 248 g/mol. The van der Waals surface area contributed by atoms with E-state index < -0.39 is 11.6 Å². The van der Waals surface area contributed by atoms with Crippen LogP contribution in [0.3, 0.4) is 0 Å². The van der Waals surface area contributed by atoms with Crippen LogP contribution in [0, 0.1) is 11.6 Å². The lowest BCUT2D eigenvalue weighted by molar-refractivity contribution is 0.553. The summed E-state index contributed by atoms with van der Waals surface area (Å²) in [5, 5.41) is 3.08. The summed E-state index contributed by atoms with van der Waals surface area (Å²) in [7, 11) is 0. The highest BCUT2D eigenvalue weighted by Crippen LogP contribution is 2.09. The number of imidazole rings is 1. The van der Waals surface area contributed by atoms with E-state index >= 15 is 0 Å². The van der Waals surface area contributed by atoms with E-state index in [-0.39, 0.29) is 6.54 Å². The zero-order valence-electron chi connectivity index (χ0n) is 10.9. The molecule has 1 aromatic heterocycles. The van der Waals surface area contributed by atoms with Gasteiger partial charge in [0.15, 0.2) is 0 Å². The van der Waals surface area contributed by atoms with Gasteiger partial charge in [0.05, 0.1) is 6.54 Å². The predicted octanol–water partition coefficient (Wildman–Crippen LogP) is 2.86. The second-order valence-electron chi connectivity index (χ2n) is 4.38. The van der Waals surface area contributed by atoms with E-state index in [9.17, 15) is 8.78 Å². The summed E-state index contributed by atoms with van der Waals surface area (Å²) in [6, 6.07) is 3.47. The Morgan fingerprint density at radius 3 is 2.89 bits per heavy atom. The fraction of sp³-hybridized carbons (Fsp3) is 0.357. The van der Waals surface area contributed by atoms with Crippen molar-refractivity contribution < 1.29 is 8.78 Å². The molecule has 0 fully saturated rings. The number of hydrogen-bond acceptors (Lipinski definition) is 2. The third-order valence-electron chi connectivity index (χ3n) is 2.87. The first-order chi connectivity index (χ1) is 9.20. The van der Waals surface area contributed by atoms with Crippen molar-refractivity contribution in [1.82, 2.24) is 14.9 Å². The van der Waals surface area contributed by atoms with Crippen LogP contribution in [0.2, 0.25) is 0 Å². The molecule has 0 atom stereocenters. The molecule has 0 aliphatic rings. The van der Waals surface area contributed by atoms with Crippen LogP contribution in [0.1, 0.15) is 24.7 Å². The summed E-state index contributed by atoms with van der Waals surface area (Å²) in [6.07, 6.45) is 4.70. The topological polar surface area (TPSA) is 29.9 Å². The maximum Gasteiger partial charge on any atom is 0.127 e. The molecule has 0 aliphatic heterocycles. The van der Waals surface area contributed by atoms with Gasteiger partial charge in [-0.2, -0.15) is 0 Å². The summed E-state index contributed by atoms with van der Waals surface area (Å²) in [5.41, 5.74) is 0.327. The normalized spacial score (nSPS) is 10.9. The van der Waals surface area contributed by atoms with Gasteiger partial charge in [0, 0.05) is 31.0 Å². The van der Waals surface area contributed by atoms with Crippen LogP contribution in [0.25, 0.3) is 0 Å². The van der Waals surface area contributed by atoms with E-state index in [1.807, 2.05) is 6.20 Å². The van der Waals surface area contributed by atoms with Gasteiger partial charge in [-0.3, -0.25) is 0 Å². The first-order valence-corrected chi connectivity index (χ1v) is 6.35. The molecule has 0 aliphatic carbocycles.